The Morgan fingerprint density at radius 1 is 1.68 bits per heavy atom. The smallest absolute Gasteiger partial charge is 0.327 e. The molecule has 0 aliphatic carbocycles. The van der Waals surface area contributed by atoms with Gasteiger partial charge in [0.05, 0.1) is 11.9 Å². The number of carboxylic acid groups (broad SMARTS) is 1. The summed E-state index contributed by atoms with van der Waals surface area (Å²) < 4.78 is 0. The van der Waals surface area contributed by atoms with Gasteiger partial charge in [-0.2, -0.15) is 5.10 Å². The van der Waals surface area contributed by atoms with E-state index in [9.17, 15) is 9.59 Å². The largest absolute Gasteiger partial charge is 0.480 e. The monoisotopic (exact) mass is 285 g/mol. The van der Waals surface area contributed by atoms with Crippen molar-refractivity contribution in [3.8, 4) is 0 Å². The fourth-order valence-corrected chi connectivity index (χ4v) is 3.25. The molecule has 19 heavy (non-hydrogen) atoms. The summed E-state index contributed by atoms with van der Waals surface area (Å²) in [5, 5.41) is 18.0. The van der Waals surface area contributed by atoms with Crippen LogP contribution in [0.2, 0.25) is 0 Å². The van der Waals surface area contributed by atoms with Crippen LogP contribution in [0.5, 0.6) is 0 Å². The molecule has 1 aromatic rings. The quantitative estimate of drug-likeness (QED) is 0.731. The van der Waals surface area contributed by atoms with Crippen LogP contribution in [0.1, 0.15) is 19.2 Å². The summed E-state index contributed by atoms with van der Waals surface area (Å²) in [7, 11) is 0. The van der Waals surface area contributed by atoms with Crippen LogP contribution in [0.15, 0.2) is 6.33 Å². The van der Waals surface area contributed by atoms with Crippen molar-refractivity contribution in [3.05, 3.63) is 12.2 Å². The van der Waals surface area contributed by atoms with E-state index < -0.39 is 12.0 Å². The van der Waals surface area contributed by atoms with Gasteiger partial charge < -0.3 is 10.4 Å². The van der Waals surface area contributed by atoms with Gasteiger partial charge >= 0.3 is 12.0 Å². The van der Waals surface area contributed by atoms with E-state index in [0.717, 1.165) is 0 Å². The number of aromatic amines is 1. The normalized spacial score (nSPS) is 22.5. The highest BCUT2D eigenvalue weighted by atomic mass is 32.2. The maximum absolute atomic E-state index is 12.1. The molecular weight excluding hydrogens is 270 g/mol. The maximum atomic E-state index is 12.1. The molecule has 2 rings (SSSR count). The Labute approximate surface area is 114 Å². The average Bonchev–Trinajstić information content (AvgIpc) is 3.04. The number of hydrogen-bond donors (Lipinski definition) is 3. The maximum Gasteiger partial charge on any atom is 0.327 e. The van der Waals surface area contributed by atoms with Crippen LogP contribution in [-0.2, 0) is 11.3 Å². The number of carboxylic acids is 1. The Kier molecular flexibility index (Phi) is 4.25. The van der Waals surface area contributed by atoms with E-state index >= 15 is 0 Å². The van der Waals surface area contributed by atoms with Crippen LogP contribution in [-0.4, -0.2) is 54.4 Å². The molecule has 0 saturated carbocycles. The zero-order valence-corrected chi connectivity index (χ0v) is 11.2. The van der Waals surface area contributed by atoms with Crippen LogP contribution in [0.3, 0.4) is 0 Å². The van der Waals surface area contributed by atoms with Crippen LogP contribution in [0, 0.1) is 0 Å². The zero-order chi connectivity index (χ0) is 13.8. The predicted octanol–water partition coefficient (Wildman–Crippen LogP) is 0.252. The number of aromatic nitrogens is 3. The molecule has 3 N–H and O–H groups in total. The summed E-state index contributed by atoms with van der Waals surface area (Å²) in [6.07, 6.45) is 2.06. The Balaban J connectivity index is 2.00. The van der Waals surface area contributed by atoms with Crippen molar-refractivity contribution in [2.24, 2.45) is 0 Å². The van der Waals surface area contributed by atoms with Crippen molar-refractivity contribution in [1.82, 2.24) is 25.4 Å². The van der Waals surface area contributed by atoms with Gasteiger partial charge in [0.25, 0.3) is 0 Å². The van der Waals surface area contributed by atoms with Gasteiger partial charge in [-0.15, -0.1) is 11.8 Å². The molecule has 1 saturated heterocycles. The number of nitrogens with one attached hydrogen (secondary N) is 2. The molecule has 9 heteroatoms. The molecule has 2 atom stereocenters. The van der Waals surface area contributed by atoms with Crippen LogP contribution in [0.4, 0.5) is 4.79 Å². The second kappa shape index (κ2) is 5.91. The lowest BCUT2D eigenvalue weighted by Gasteiger charge is -2.26. The van der Waals surface area contributed by atoms with Gasteiger partial charge in [-0.1, -0.05) is 6.92 Å². The molecule has 8 nitrogen and oxygen atoms in total. The second-order valence-electron chi connectivity index (χ2n) is 4.05. The Bertz CT molecular complexity index is 452. The van der Waals surface area contributed by atoms with Gasteiger partial charge in [-0.25, -0.2) is 14.6 Å². The number of thioether (sulfide) groups is 1. The number of H-pyrrole nitrogens is 1. The summed E-state index contributed by atoms with van der Waals surface area (Å²) in [5.41, 5.74) is 0. The minimum absolute atomic E-state index is 0.101. The molecule has 1 fully saturated rings. The SMILES string of the molecule is CCC1SCC(C(=O)O)N1C(=O)NCc1ncn[nH]1. The van der Waals surface area contributed by atoms with Crippen molar-refractivity contribution in [1.29, 1.82) is 0 Å². The Morgan fingerprint density at radius 2 is 2.47 bits per heavy atom. The molecule has 2 heterocycles. The minimum Gasteiger partial charge on any atom is -0.480 e. The number of hydrogen-bond acceptors (Lipinski definition) is 5. The molecule has 0 spiro atoms. The number of urea groups is 1. The number of nitrogens with zero attached hydrogens (tertiary/aromatic N) is 3. The molecular formula is C10H15N5O3S. The van der Waals surface area contributed by atoms with Gasteiger partial charge in [-0.3, -0.25) is 10.00 Å². The highest BCUT2D eigenvalue weighted by Crippen LogP contribution is 2.31. The standard InChI is InChI=1S/C10H15N5O3S/c1-2-8-15(6(4-19-8)9(16)17)10(18)11-3-7-12-5-13-14-7/h5-6,8H,2-4H2,1H3,(H,11,18)(H,16,17)(H,12,13,14). The van der Waals surface area contributed by atoms with Crippen molar-refractivity contribution in [2.75, 3.05) is 5.75 Å². The lowest BCUT2D eigenvalue weighted by Crippen LogP contribution is -2.49. The summed E-state index contributed by atoms with van der Waals surface area (Å²) in [6.45, 7) is 2.13. The van der Waals surface area contributed by atoms with Crippen molar-refractivity contribution < 1.29 is 14.7 Å². The van der Waals surface area contributed by atoms with Crippen LogP contribution in [0.25, 0.3) is 0 Å². The van der Waals surface area contributed by atoms with E-state index in [1.165, 1.54) is 23.0 Å². The van der Waals surface area contributed by atoms with Gasteiger partial charge in [0, 0.05) is 5.75 Å². The molecule has 0 radical (unpaired) electrons. The van der Waals surface area contributed by atoms with E-state index in [0.29, 0.717) is 18.0 Å². The first kappa shape index (κ1) is 13.7. The van der Waals surface area contributed by atoms with Crippen LogP contribution >= 0.6 is 11.8 Å². The van der Waals surface area contributed by atoms with Gasteiger partial charge in [-0.05, 0) is 6.42 Å². The fraction of sp³-hybridized carbons (Fsp3) is 0.600. The summed E-state index contributed by atoms with van der Waals surface area (Å²) >= 11 is 1.49. The molecule has 0 bridgehead atoms. The Morgan fingerprint density at radius 3 is 3.05 bits per heavy atom. The fourth-order valence-electron chi connectivity index (χ4n) is 1.91. The first-order chi connectivity index (χ1) is 9.13. The van der Waals surface area contributed by atoms with Gasteiger partial charge in [0.2, 0.25) is 0 Å². The number of carbonyl (C=O) groups is 2. The predicted molar refractivity (Wildman–Crippen MR) is 68.4 cm³/mol. The lowest BCUT2D eigenvalue weighted by molar-refractivity contribution is -0.141. The molecule has 104 valence electrons. The van der Waals surface area contributed by atoms with Crippen molar-refractivity contribution in [2.45, 2.75) is 31.3 Å². The van der Waals surface area contributed by atoms with Crippen molar-refractivity contribution >= 4 is 23.8 Å². The summed E-state index contributed by atoms with van der Waals surface area (Å²) in [5.74, 6) is -0.0257. The third-order valence-electron chi connectivity index (χ3n) is 2.83. The number of carbonyl (C=O) groups excluding carboxylic acids is 1. The number of aliphatic carboxylic acids is 1. The molecule has 2 amide bonds. The van der Waals surface area contributed by atoms with E-state index in [-0.39, 0.29) is 17.9 Å². The van der Waals surface area contributed by atoms with Crippen LogP contribution < -0.4 is 5.32 Å². The summed E-state index contributed by atoms with van der Waals surface area (Å²) in [6, 6.07) is -1.16. The van der Waals surface area contributed by atoms with E-state index in [1.807, 2.05) is 6.92 Å². The third-order valence-corrected chi connectivity index (χ3v) is 4.29. The molecule has 0 aromatic carbocycles. The highest BCUT2D eigenvalue weighted by Gasteiger charge is 2.40. The highest BCUT2D eigenvalue weighted by molar-refractivity contribution is 8.00. The average molecular weight is 285 g/mol. The molecule has 1 aliphatic heterocycles. The lowest BCUT2D eigenvalue weighted by atomic mass is 10.3. The third kappa shape index (κ3) is 2.98. The van der Waals surface area contributed by atoms with E-state index in [1.54, 1.807) is 0 Å². The summed E-state index contributed by atoms with van der Waals surface area (Å²) in [4.78, 5) is 28.5. The topological polar surface area (TPSA) is 111 Å². The van der Waals surface area contributed by atoms with E-state index in [4.69, 9.17) is 5.11 Å². The number of amides is 2. The molecule has 1 aliphatic rings. The first-order valence-corrected chi connectivity index (χ1v) is 6.93. The van der Waals surface area contributed by atoms with E-state index in [2.05, 4.69) is 20.5 Å². The van der Waals surface area contributed by atoms with Crippen molar-refractivity contribution in [3.63, 3.8) is 0 Å². The van der Waals surface area contributed by atoms with Gasteiger partial charge in [0.15, 0.2) is 0 Å². The molecule has 2 unspecified atom stereocenters. The zero-order valence-electron chi connectivity index (χ0n) is 10.4. The minimum atomic E-state index is -0.974. The molecule has 1 aromatic heterocycles. The van der Waals surface area contributed by atoms with Gasteiger partial charge in [0.1, 0.15) is 18.2 Å². The second-order valence-corrected chi connectivity index (χ2v) is 5.26. The first-order valence-electron chi connectivity index (χ1n) is 5.88. The number of rotatable bonds is 4. The Hall–Kier alpha value is -1.77.